The van der Waals surface area contributed by atoms with Crippen LogP contribution < -0.4 is 10.1 Å². The van der Waals surface area contributed by atoms with Gasteiger partial charge in [-0.1, -0.05) is 23.2 Å². The van der Waals surface area contributed by atoms with Crippen molar-refractivity contribution in [1.82, 2.24) is 5.32 Å². The lowest BCUT2D eigenvalue weighted by atomic mass is 10.3. The molecule has 1 amide bonds. The molecule has 0 unspecified atom stereocenters. The van der Waals surface area contributed by atoms with Crippen LogP contribution in [0.1, 0.15) is 6.42 Å². The van der Waals surface area contributed by atoms with Gasteiger partial charge in [0.2, 0.25) is 0 Å². The Bertz CT molecular complexity index is 429. The maximum absolute atomic E-state index is 11.5. The van der Waals surface area contributed by atoms with Crippen LogP contribution in [0, 0.1) is 0 Å². The summed E-state index contributed by atoms with van der Waals surface area (Å²) in [6.07, 6.45) is 0.674. The van der Waals surface area contributed by atoms with Crippen LogP contribution in [0.4, 0.5) is 0 Å². The summed E-state index contributed by atoms with van der Waals surface area (Å²) < 4.78 is 10.3. The van der Waals surface area contributed by atoms with Crippen molar-refractivity contribution in [3.05, 3.63) is 28.2 Å². The maximum atomic E-state index is 11.5. The third-order valence-electron chi connectivity index (χ3n) is 2.28. The van der Waals surface area contributed by atoms with E-state index in [1.54, 1.807) is 18.2 Å². The number of benzene rings is 1. The van der Waals surface area contributed by atoms with Gasteiger partial charge in [0.25, 0.3) is 5.91 Å². The predicted molar refractivity (Wildman–Crippen MR) is 77.5 cm³/mol. The number of aliphatic hydroxyl groups is 1. The van der Waals surface area contributed by atoms with Crippen molar-refractivity contribution in [2.75, 3.05) is 33.0 Å². The summed E-state index contributed by atoms with van der Waals surface area (Å²) in [6.45, 7) is 1.18. The first-order valence-corrected chi connectivity index (χ1v) is 6.92. The van der Waals surface area contributed by atoms with E-state index < -0.39 is 0 Å². The Kier molecular flexibility index (Phi) is 8.37. The molecular weight excluding hydrogens is 305 g/mol. The summed E-state index contributed by atoms with van der Waals surface area (Å²) in [5, 5.41) is 12.1. The number of aliphatic hydroxyl groups excluding tert-OH is 1. The minimum atomic E-state index is -0.238. The third kappa shape index (κ3) is 6.96. The highest BCUT2D eigenvalue weighted by Gasteiger charge is 2.06. The lowest BCUT2D eigenvalue weighted by molar-refractivity contribution is -0.123. The molecule has 0 aromatic heterocycles. The van der Waals surface area contributed by atoms with Crippen LogP contribution in [0.25, 0.3) is 0 Å². The number of halogens is 2. The molecule has 0 aliphatic heterocycles. The van der Waals surface area contributed by atoms with Crippen LogP contribution >= 0.6 is 23.2 Å². The molecule has 0 heterocycles. The molecular formula is C13H17Cl2NO4. The van der Waals surface area contributed by atoms with Gasteiger partial charge in [0.05, 0.1) is 18.2 Å². The number of carbonyl (C=O) groups excluding carboxylic acids is 1. The molecule has 1 aromatic carbocycles. The number of rotatable bonds is 9. The molecule has 1 aromatic rings. The van der Waals surface area contributed by atoms with E-state index in [-0.39, 0.29) is 19.1 Å². The summed E-state index contributed by atoms with van der Waals surface area (Å²) in [4.78, 5) is 11.5. The number of nitrogens with one attached hydrogen (secondary N) is 1. The van der Waals surface area contributed by atoms with Gasteiger partial charge in [-0.3, -0.25) is 4.79 Å². The van der Waals surface area contributed by atoms with Gasteiger partial charge in [-0.05, 0) is 24.6 Å². The standard InChI is InChI=1S/C13H17Cl2NO4/c14-10-2-3-12(11(15)8-10)20-9-13(18)16-4-1-6-19-7-5-17/h2-3,8,17H,1,4-7,9H2,(H,16,18). The van der Waals surface area contributed by atoms with Gasteiger partial charge in [0, 0.05) is 18.2 Å². The number of carbonyl (C=O) groups is 1. The third-order valence-corrected chi connectivity index (χ3v) is 2.81. The minimum Gasteiger partial charge on any atom is -0.482 e. The first kappa shape index (κ1) is 17.0. The highest BCUT2D eigenvalue weighted by Crippen LogP contribution is 2.27. The predicted octanol–water partition coefficient (Wildman–Crippen LogP) is 1.89. The average molecular weight is 322 g/mol. The minimum absolute atomic E-state index is 0.00203. The molecule has 2 N–H and O–H groups in total. The Morgan fingerprint density at radius 1 is 1.30 bits per heavy atom. The second-order valence-electron chi connectivity index (χ2n) is 3.90. The largest absolute Gasteiger partial charge is 0.482 e. The normalized spacial score (nSPS) is 10.3. The van der Waals surface area contributed by atoms with Crippen molar-refractivity contribution in [2.24, 2.45) is 0 Å². The molecule has 5 nitrogen and oxygen atoms in total. The van der Waals surface area contributed by atoms with Crippen LogP contribution in [0.3, 0.4) is 0 Å². The van der Waals surface area contributed by atoms with Crippen molar-refractivity contribution in [2.45, 2.75) is 6.42 Å². The van der Waals surface area contributed by atoms with Crippen LogP contribution in [0.2, 0.25) is 10.0 Å². The molecule has 20 heavy (non-hydrogen) atoms. The molecule has 0 radical (unpaired) electrons. The molecule has 7 heteroatoms. The topological polar surface area (TPSA) is 67.8 Å². The van der Waals surface area contributed by atoms with Gasteiger partial charge in [-0.25, -0.2) is 0 Å². The van der Waals surface area contributed by atoms with Crippen LogP contribution in [0.5, 0.6) is 5.75 Å². The van der Waals surface area contributed by atoms with Crippen molar-refractivity contribution < 1.29 is 19.4 Å². The molecule has 0 spiro atoms. The van der Waals surface area contributed by atoms with Gasteiger partial charge < -0.3 is 19.9 Å². The number of hydrogen-bond acceptors (Lipinski definition) is 4. The molecule has 0 saturated heterocycles. The van der Waals surface area contributed by atoms with Gasteiger partial charge in [0.1, 0.15) is 5.75 Å². The Morgan fingerprint density at radius 2 is 2.10 bits per heavy atom. The summed E-state index contributed by atoms with van der Waals surface area (Å²) in [7, 11) is 0. The van der Waals surface area contributed by atoms with Crippen LogP contribution in [-0.4, -0.2) is 44.0 Å². The smallest absolute Gasteiger partial charge is 0.257 e. The Morgan fingerprint density at radius 3 is 2.80 bits per heavy atom. The lowest BCUT2D eigenvalue weighted by Gasteiger charge is -2.09. The lowest BCUT2D eigenvalue weighted by Crippen LogP contribution is -2.30. The first-order chi connectivity index (χ1) is 9.63. The summed E-state index contributed by atoms with van der Waals surface area (Å²) in [6, 6.07) is 4.80. The molecule has 1 rings (SSSR count). The molecule has 0 aliphatic carbocycles. The van der Waals surface area contributed by atoms with E-state index in [9.17, 15) is 4.79 Å². The SMILES string of the molecule is O=C(COc1ccc(Cl)cc1Cl)NCCCOCCO. The Balaban J connectivity index is 2.16. The second kappa shape index (κ2) is 9.83. The van der Waals surface area contributed by atoms with E-state index >= 15 is 0 Å². The van der Waals surface area contributed by atoms with E-state index in [2.05, 4.69) is 5.32 Å². The van der Waals surface area contributed by atoms with Crippen molar-refractivity contribution in [3.8, 4) is 5.75 Å². The fourth-order valence-electron chi connectivity index (χ4n) is 1.36. The molecule has 112 valence electrons. The molecule has 0 atom stereocenters. The van der Waals surface area contributed by atoms with Gasteiger partial charge in [-0.15, -0.1) is 0 Å². The number of ether oxygens (including phenoxy) is 2. The number of hydrogen-bond donors (Lipinski definition) is 2. The summed E-state index contributed by atoms with van der Waals surface area (Å²) in [5.74, 6) is 0.177. The summed E-state index contributed by atoms with van der Waals surface area (Å²) in [5.41, 5.74) is 0. The van der Waals surface area contributed by atoms with Crippen molar-refractivity contribution >= 4 is 29.1 Å². The molecule has 0 aliphatic rings. The second-order valence-corrected chi connectivity index (χ2v) is 4.75. The molecule has 0 bridgehead atoms. The Labute approximate surface area is 127 Å². The van der Waals surface area contributed by atoms with Crippen molar-refractivity contribution in [1.29, 1.82) is 0 Å². The van der Waals surface area contributed by atoms with E-state index in [1.165, 1.54) is 0 Å². The average Bonchev–Trinajstić information content (AvgIpc) is 2.41. The summed E-state index contributed by atoms with van der Waals surface area (Å²) >= 11 is 11.7. The zero-order chi connectivity index (χ0) is 14.8. The molecule has 0 saturated carbocycles. The fraction of sp³-hybridized carbons (Fsp3) is 0.462. The van der Waals surface area contributed by atoms with E-state index in [1.807, 2.05) is 0 Å². The highest BCUT2D eigenvalue weighted by molar-refractivity contribution is 6.35. The van der Waals surface area contributed by atoms with Gasteiger partial charge in [-0.2, -0.15) is 0 Å². The zero-order valence-electron chi connectivity index (χ0n) is 10.9. The fourth-order valence-corrected chi connectivity index (χ4v) is 1.82. The zero-order valence-corrected chi connectivity index (χ0v) is 12.4. The van der Waals surface area contributed by atoms with Gasteiger partial charge >= 0.3 is 0 Å². The van der Waals surface area contributed by atoms with E-state index in [0.29, 0.717) is 42.0 Å². The number of amides is 1. The van der Waals surface area contributed by atoms with E-state index in [4.69, 9.17) is 37.8 Å². The molecule has 0 fully saturated rings. The van der Waals surface area contributed by atoms with Crippen molar-refractivity contribution in [3.63, 3.8) is 0 Å². The highest BCUT2D eigenvalue weighted by atomic mass is 35.5. The quantitative estimate of drug-likeness (QED) is 0.681. The van der Waals surface area contributed by atoms with Gasteiger partial charge in [0.15, 0.2) is 6.61 Å². The van der Waals surface area contributed by atoms with Crippen LogP contribution in [0.15, 0.2) is 18.2 Å². The Hall–Kier alpha value is -1.01. The van der Waals surface area contributed by atoms with E-state index in [0.717, 1.165) is 0 Å². The first-order valence-electron chi connectivity index (χ1n) is 6.16. The monoisotopic (exact) mass is 321 g/mol. The van der Waals surface area contributed by atoms with Crippen LogP contribution in [-0.2, 0) is 9.53 Å². The maximum Gasteiger partial charge on any atom is 0.257 e.